The molecule has 1 fully saturated rings. The first kappa shape index (κ1) is 21.7. The van der Waals surface area contributed by atoms with Crippen LogP contribution >= 0.6 is 23.2 Å². The summed E-state index contributed by atoms with van der Waals surface area (Å²) in [7, 11) is 1.96. The largest absolute Gasteiger partial charge is 0.347 e. The van der Waals surface area contributed by atoms with Gasteiger partial charge in [0.05, 0.1) is 21.7 Å². The number of pyridine rings is 1. The second-order valence-electron chi connectivity index (χ2n) is 8.43. The number of amides is 1. The van der Waals surface area contributed by atoms with Crippen LogP contribution in [-0.2, 0) is 13.5 Å². The summed E-state index contributed by atoms with van der Waals surface area (Å²) in [6, 6.07) is 8.07. The van der Waals surface area contributed by atoms with Crippen molar-refractivity contribution >= 4 is 40.0 Å². The van der Waals surface area contributed by atoms with Gasteiger partial charge in [-0.15, -0.1) is 0 Å². The topological polar surface area (TPSA) is 61.9 Å². The number of carbonyl (C=O) groups is 1. The predicted molar refractivity (Wildman–Crippen MR) is 124 cm³/mol. The van der Waals surface area contributed by atoms with Crippen molar-refractivity contribution in [3.05, 3.63) is 62.5 Å². The van der Waals surface area contributed by atoms with Crippen LogP contribution in [0.3, 0.4) is 0 Å². The fourth-order valence-electron chi connectivity index (χ4n) is 4.25. The summed E-state index contributed by atoms with van der Waals surface area (Å²) in [6.45, 7) is 5.65. The Morgan fingerprint density at radius 1 is 1.26 bits per heavy atom. The second-order valence-corrected chi connectivity index (χ2v) is 9.22. The molecule has 4 rings (SSSR count). The van der Waals surface area contributed by atoms with Gasteiger partial charge in [0, 0.05) is 49.4 Å². The molecule has 0 bridgehead atoms. The van der Waals surface area contributed by atoms with Gasteiger partial charge in [-0.25, -0.2) is 4.98 Å². The fraction of sp³-hybridized carbons (Fsp3) is 0.375. The van der Waals surface area contributed by atoms with E-state index >= 15 is 0 Å². The molecular formula is C24H24Cl2N4O. The number of benzene rings is 1. The van der Waals surface area contributed by atoms with E-state index in [1.165, 1.54) is 6.20 Å². The van der Waals surface area contributed by atoms with Gasteiger partial charge in [-0.05, 0) is 55.0 Å². The molecule has 0 radical (unpaired) electrons. The van der Waals surface area contributed by atoms with Gasteiger partial charge in [0.2, 0.25) is 0 Å². The Labute approximate surface area is 192 Å². The number of rotatable bonds is 3. The quantitative estimate of drug-likeness (QED) is 0.522. The van der Waals surface area contributed by atoms with E-state index in [1.54, 1.807) is 0 Å². The Morgan fingerprint density at radius 3 is 2.65 bits per heavy atom. The van der Waals surface area contributed by atoms with Crippen molar-refractivity contribution in [2.24, 2.45) is 13.0 Å². The number of piperidine rings is 1. The molecule has 3 aromatic rings. The number of hydrogen-bond donors (Lipinski definition) is 0. The van der Waals surface area contributed by atoms with E-state index in [-0.39, 0.29) is 11.6 Å². The number of fused-ring (bicyclic) bond motifs is 1. The van der Waals surface area contributed by atoms with Gasteiger partial charge in [0.25, 0.3) is 5.91 Å². The molecule has 0 unspecified atom stereocenters. The van der Waals surface area contributed by atoms with E-state index in [2.05, 4.69) is 24.0 Å². The number of likely N-dealkylation sites (tertiary alicyclic amines) is 1. The van der Waals surface area contributed by atoms with E-state index in [0.717, 1.165) is 48.1 Å². The molecule has 0 saturated carbocycles. The Kier molecular flexibility index (Phi) is 5.96. The summed E-state index contributed by atoms with van der Waals surface area (Å²) < 4.78 is 2.05. The molecule has 0 spiro atoms. The maximum Gasteiger partial charge on any atom is 0.274 e. The number of hydrogen-bond acceptors (Lipinski definition) is 3. The van der Waals surface area contributed by atoms with Crippen molar-refractivity contribution < 1.29 is 4.79 Å². The molecule has 1 aliphatic heterocycles. The molecule has 5 nitrogen and oxygen atoms in total. The number of nitriles is 1. The molecular weight excluding hydrogens is 431 g/mol. The van der Waals surface area contributed by atoms with Gasteiger partial charge in [-0.2, -0.15) is 5.26 Å². The van der Waals surface area contributed by atoms with Crippen LogP contribution in [0.4, 0.5) is 0 Å². The Bertz CT molecular complexity index is 1220. The van der Waals surface area contributed by atoms with Crippen LogP contribution in [-0.4, -0.2) is 33.4 Å². The van der Waals surface area contributed by atoms with Gasteiger partial charge in [-0.3, -0.25) is 4.79 Å². The van der Waals surface area contributed by atoms with Crippen LogP contribution in [0.2, 0.25) is 10.0 Å². The Balaban J connectivity index is 1.70. The van der Waals surface area contributed by atoms with Gasteiger partial charge < -0.3 is 9.47 Å². The predicted octanol–water partition coefficient (Wildman–Crippen LogP) is 5.52. The number of halogens is 2. The number of nitrogens with zero attached hydrogens (tertiary/aromatic N) is 4. The first-order chi connectivity index (χ1) is 14.8. The minimum atomic E-state index is -0.138. The van der Waals surface area contributed by atoms with Crippen molar-refractivity contribution in [3.63, 3.8) is 0 Å². The number of aromatic nitrogens is 2. The molecule has 1 amide bonds. The lowest BCUT2D eigenvalue weighted by Crippen LogP contribution is -2.38. The molecule has 1 aliphatic rings. The fourth-order valence-corrected chi connectivity index (χ4v) is 4.81. The SMILES string of the molecule is Cc1cc(C#N)cc2c1cc(Cc1c(Cl)cnc(C(=O)N3CCC(C)CC3)c1Cl)n2C. The van der Waals surface area contributed by atoms with Crippen molar-refractivity contribution in [2.75, 3.05) is 13.1 Å². The van der Waals surface area contributed by atoms with E-state index in [1.807, 2.05) is 35.6 Å². The summed E-state index contributed by atoms with van der Waals surface area (Å²) in [6.07, 6.45) is 3.96. The Morgan fingerprint density at radius 2 is 1.97 bits per heavy atom. The maximum atomic E-state index is 13.1. The van der Waals surface area contributed by atoms with Gasteiger partial charge in [0.15, 0.2) is 0 Å². The summed E-state index contributed by atoms with van der Waals surface area (Å²) in [5.41, 5.74) is 4.59. The molecule has 2 aromatic heterocycles. The molecule has 160 valence electrons. The maximum absolute atomic E-state index is 13.1. The van der Waals surface area contributed by atoms with Crippen molar-refractivity contribution in [1.29, 1.82) is 5.26 Å². The molecule has 0 aliphatic carbocycles. The molecule has 1 saturated heterocycles. The minimum Gasteiger partial charge on any atom is -0.347 e. The summed E-state index contributed by atoms with van der Waals surface area (Å²) in [5, 5.41) is 11.1. The van der Waals surface area contributed by atoms with Crippen molar-refractivity contribution in [2.45, 2.75) is 33.1 Å². The second kappa shape index (κ2) is 8.53. The number of aryl methyl sites for hydroxylation is 2. The first-order valence-electron chi connectivity index (χ1n) is 10.4. The zero-order valence-electron chi connectivity index (χ0n) is 17.9. The van der Waals surface area contributed by atoms with Crippen LogP contribution in [0, 0.1) is 24.2 Å². The number of carbonyl (C=O) groups excluding carboxylic acids is 1. The lowest BCUT2D eigenvalue weighted by molar-refractivity contribution is 0.0691. The summed E-state index contributed by atoms with van der Waals surface area (Å²) in [4.78, 5) is 19.2. The zero-order valence-corrected chi connectivity index (χ0v) is 19.4. The summed E-state index contributed by atoms with van der Waals surface area (Å²) in [5.74, 6) is 0.492. The normalized spacial score (nSPS) is 14.8. The lowest BCUT2D eigenvalue weighted by atomic mass is 9.99. The van der Waals surface area contributed by atoms with E-state index in [4.69, 9.17) is 23.2 Å². The zero-order chi connectivity index (χ0) is 22.3. The molecule has 7 heteroatoms. The highest BCUT2D eigenvalue weighted by Crippen LogP contribution is 2.32. The van der Waals surface area contributed by atoms with Crippen molar-refractivity contribution in [1.82, 2.24) is 14.5 Å². The molecule has 1 aromatic carbocycles. The van der Waals surface area contributed by atoms with Crippen LogP contribution in [0.5, 0.6) is 0 Å². The first-order valence-corrected chi connectivity index (χ1v) is 11.2. The lowest BCUT2D eigenvalue weighted by Gasteiger charge is -2.30. The van der Waals surface area contributed by atoms with Gasteiger partial charge >= 0.3 is 0 Å². The van der Waals surface area contributed by atoms with Crippen molar-refractivity contribution in [3.8, 4) is 6.07 Å². The van der Waals surface area contributed by atoms with E-state index < -0.39 is 0 Å². The highest BCUT2D eigenvalue weighted by molar-refractivity contribution is 6.37. The average Bonchev–Trinajstić information content (AvgIpc) is 3.07. The van der Waals surface area contributed by atoms with Gasteiger partial charge in [0.1, 0.15) is 5.69 Å². The molecule has 3 heterocycles. The third kappa shape index (κ3) is 4.03. The smallest absolute Gasteiger partial charge is 0.274 e. The molecule has 31 heavy (non-hydrogen) atoms. The molecule has 0 N–H and O–H groups in total. The summed E-state index contributed by atoms with van der Waals surface area (Å²) >= 11 is 13.2. The minimum absolute atomic E-state index is 0.138. The third-order valence-corrected chi connectivity index (χ3v) is 7.03. The van der Waals surface area contributed by atoms with E-state index in [9.17, 15) is 10.1 Å². The third-order valence-electron chi connectivity index (χ3n) is 6.30. The van der Waals surface area contributed by atoms with Crippen LogP contribution in [0.25, 0.3) is 10.9 Å². The Hall–Kier alpha value is -2.55. The van der Waals surface area contributed by atoms with Crippen LogP contribution in [0.1, 0.15) is 52.6 Å². The standard InChI is InChI=1S/C24H24Cl2N4O/c1-14-4-6-30(7-5-14)24(31)23-22(26)19(20(25)13-28-23)11-17-10-18-15(2)8-16(12-27)9-21(18)29(17)3/h8-10,13-14H,4-7,11H2,1-3H3. The van der Waals surface area contributed by atoms with E-state index in [0.29, 0.717) is 33.5 Å². The van der Waals surface area contributed by atoms with Gasteiger partial charge in [-0.1, -0.05) is 30.1 Å². The van der Waals surface area contributed by atoms with Crippen LogP contribution < -0.4 is 0 Å². The highest BCUT2D eigenvalue weighted by Gasteiger charge is 2.26. The van der Waals surface area contributed by atoms with Crippen LogP contribution in [0.15, 0.2) is 24.4 Å². The molecule has 0 atom stereocenters. The average molecular weight is 455 g/mol. The highest BCUT2D eigenvalue weighted by atomic mass is 35.5. The monoisotopic (exact) mass is 454 g/mol.